The highest BCUT2D eigenvalue weighted by molar-refractivity contribution is 5.96. The Kier molecular flexibility index (Phi) is 6.46. The number of aromatic nitrogens is 1. The molecule has 28 heavy (non-hydrogen) atoms. The van der Waals surface area contributed by atoms with Crippen molar-refractivity contribution in [1.82, 2.24) is 20.5 Å². The Bertz CT molecular complexity index is 825. The van der Waals surface area contributed by atoms with Crippen LogP contribution in [-0.4, -0.2) is 60.6 Å². The Labute approximate surface area is 166 Å². The van der Waals surface area contributed by atoms with Crippen molar-refractivity contribution in [3.8, 4) is 0 Å². The second-order valence-corrected chi connectivity index (χ2v) is 7.64. The maximum atomic E-state index is 12.4. The first-order valence-corrected chi connectivity index (χ1v) is 9.87. The van der Waals surface area contributed by atoms with Crippen LogP contribution < -0.4 is 15.5 Å². The number of carbonyl (C=O) groups excluding carboxylic acids is 2. The number of piperazine rings is 1. The molecule has 0 aliphatic carbocycles. The van der Waals surface area contributed by atoms with E-state index < -0.39 is 6.03 Å². The molecule has 3 rings (SSSR count). The average Bonchev–Trinajstić information content (AvgIpc) is 2.71. The van der Waals surface area contributed by atoms with Crippen LogP contribution in [0.5, 0.6) is 0 Å². The number of para-hydroxylation sites is 1. The smallest absolute Gasteiger partial charge is 0.321 e. The van der Waals surface area contributed by atoms with Gasteiger partial charge >= 0.3 is 6.03 Å². The summed E-state index contributed by atoms with van der Waals surface area (Å²) in [7, 11) is 0. The van der Waals surface area contributed by atoms with E-state index in [0.29, 0.717) is 12.5 Å². The number of benzene rings is 1. The Morgan fingerprint density at radius 1 is 1.07 bits per heavy atom. The van der Waals surface area contributed by atoms with E-state index in [9.17, 15) is 9.59 Å². The van der Waals surface area contributed by atoms with Crippen LogP contribution in [0.25, 0.3) is 10.9 Å². The normalized spacial score (nSPS) is 16.2. The number of nitrogens with one attached hydrogen (secondary N) is 2. The van der Waals surface area contributed by atoms with Crippen molar-refractivity contribution in [1.29, 1.82) is 0 Å². The van der Waals surface area contributed by atoms with Gasteiger partial charge in [-0.3, -0.25) is 20.0 Å². The van der Waals surface area contributed by atoms with Crippen LogP contribution >= 0.6 is 0 Å². The van der Waals surface area contributed by atoms with Gasteiger partial charge in [-0.15, -0.1) is 0 Å². The molecule has 1 aliphatic heterocycles. The van der Waals surface area contributed by atoms with E-state index in [1.807, 2.05) is 51.2 Å². The molecular formula is C21H29N5O2. The summed E-state index contributed by atoms with van der Waals surface area (Å²) in [6, 6.07) is 9.41. The number of anilines is 1. The Morgan fingerprint density at radius 3 is 2.50 bits per heavy atom. The summed E-state index contributed by atoms with van der Waals surface area (Å²) >= 11 is 0. The zero-order valence-corrected chi connectivity index (χ0v) is 16.8. The lowest BCUT2D eigenvalue weighted by atomic mass is 10.1. The number of amides is 3. The van der Waals surface area contributed by atoms with Gasteiger partial charge in [0, 0.05) is 50.0 Å². The highest BCUT2D eigenvalue weighted by Gasteiger charge is 2.27. The topological polar surface area (TPSA) is 77.6 Å². The third-order valence-corrected chi connectivity index (χ3v) is 5.12. The van der Waals surface area contributed by atoms with E-state index in [1.165, 1.54) is 5.69 Å². The Hall–Kier alpha value is -2.67. The molecule has 0 radical (unpaired) electrons. The summed E-state index contributed by atoms with van der Waals surface area (Å²) in [5, 5.41) is 6.30. The van der Waals surface area contributed by atoms with Crippen LogP contribution in [0.2, 0.25) is 0 Å². The van der Waals surface area contributed by atoms with E-state index in [2.05, 4.69) is 31.5 Å². The van der Waals surface area contributed by atoms with Crippen molar-refractivity contribution in [3.05, 3.63) is 36.5 Å². The number of fused-ring (bicyclic) bond motifs is 1. The standard InChI is InChI=1S/C21H29N5O2/c1-15(2)14-23-21(28)24-20(27)16(3)25-10-12-26(13-11-25)19-8-9-22-18-7-5-4-6-17(18)19/h4-9,15-16H,10-14H2,1-3H3,(H2,23,24,27,28)/t16-/m0/s1. The van der Waals surface area contributed by atoms with Crippen molar-refractivity contribution in [2.45, 2.75) is 26.8 Å². The lowest BCUT2D eigenvalue weighted by Crippen LogP contribution is -2.55. The molecule has 1 aliphatic rings. The van der Waals surface area contributed by atoms with Crippen molar-refractivity contribution in [2.75, 3.05) is 37.6 Å². The minimum Gasteiger partial charge on any atom is -0.368 e. The molecule has 1 aromatic heterocycles. The number of hydrogen-bond donors (Lipinski definition) is 2. The largest absolute Gasteiger partial charge is 0.368 e. The molecule has 0 saturated carbocycles. The maximum absolute atomic E-state index is 12.4. The molecule has 3 amide bonds. The number of imide groups is 1. The quantitative estimate of drug-likeness (QED) is 0.828. The van der Waals surface area contributed by atoms with Gasteiger partial charge in [-0.25, -0.2) is 4.79 Å². The van der Waals surface area contributed by atoms with Crippen LogP contribution in [0.4, 0.5) is 10.5 Å². The molecule has 2 heterocycles. The predicted molar refractivity (Wildman–Crippen MR) is 111 cm³/mol. The predicted octanol–water partition coefficient (Wildman–Crippen LogP) is 2.23. The van der Waals surface area contributed by atoms with Gasteiger partial charge in [0.25, 0.3) is 0 Å². The first-order chi connectivity index (χ1) is 13.5. The van der Waals surface area contributed by atoms with E-state index in [0.717, 1.165) is 37.1 Å². The van der Waals surface area contributed by atoms with Crippen molar-refractivity contribution < 1.29 is 9.59 Å². The monoisotopic (exact) mass is 383 g/mol. The van der Waals surface area contributed by atoms with Crippen molar-refractivity contribution in [3.63, 3.8) is 0 Å². The number of rotatable bonds is 5. The van der Waals surface area contributed by atoms with Gasteiger partial charge in [0.2, 0.25) is 5.91 Å². The SMILES string of the molecule is CC(C)CNC(=O)NC(=O)[C@H](C)N1CCN(c2ccnc3ccccc23)CC1. The summed E-state index contributed by atoms with van der Waals surface area (Å²) in [6.45, 7) is 9.59. The lowest BCUT2D eigenvalue weighted by Gasteiger charge is -2.38. The van der Waals surface area contributed by atoms with E-state index >= 15 is 0 Å². The van der Waals surface area contributed by atoms with Crippen molar-refractivity contribution >= 4 is 28.5 Å². The number of hydrogen-bond acceptors (Lipinski definition) is 5. The molecule has 0 bridgehead atoms. The van der Waals surface area contributed by atoms with Crippen LogP contribution in [-0.2, 0) is 4.79 Å². The molecule has 7 heteroatoms. The molecule has 0 spiro atoms. The molecule has 0 unspecified atom stereocenters. The van der Waals surface area contributed by atoms with Gasteiger partial charge in [0.1, 0.15) is 0 Å². The minimum atomic E-state index is -0.424. The Balaban J connectivity index is 1.56. The summed E-state index contributed by atoms with van der Waals surface area (Å²) in [5.41, 5.74) is 2.16. The fourth-order valence-electron chi connectivity index (χ4n) is 3.43. The minimum absolute atomic E-state index is 0.260. The van der Waals surface area contributed by atoms with E-state index in [4.69, 9.17) is 0 Å². The van der Waals surface area contributed by atoms with Crippen LogP contribution in [0.1, 0.15) is 20.8 Å². The van der Waals surface area contributed by atoms with Gasteiger partial charge in [-0.05, 0) is 25.0 Å². The molecule has 2 aromatic rings. The first kappa shape index (κ1) is 20.1. The van der Waals surface area contributed by atoms with Gasteiger partial charge in [-0.2, -0.15) is 0 Å². The molecule has 1 aromatic carbocycles. The van der Waals surface area contributed by atoms with Crippen LogP contribution in [0.15, 0.2) is 36.5 Å². The fraction of sp³-hybridized carbons (Fsp3) is 0.476. The number of carbonyl (C=O) groups is 2. The number of urea groups is 1. The average molecular weight is 383 g/mol. The zero-order chi connectivity index (χ0) is 20.1. The number of nitrogens with zero attached hydrogens (tertiary/aromatic N) is 3. The van der Waals surface area contributed by atoms with Gasteiger partial charge in [0.05, 0.1) is 11.6 Å². The third kappa shape index (κ3) is 4.78. The van der Waals surface area contributed by atoms with Gasteiger partial charge < -0.3 is 10.2 Å². The van der Waals surface area contributed by atoms with Gasteiger partial charge in [0.15, 0.2) is 0 Å². The summed E-state index contributed by atoms with van der Waals surface area (Å²) in [5.74, 6) is 0.0830. The van der Waals surface area contributed by atoms with Crippen LogP contribution in [0, 0.1) is 5.92 Å². The lowest BCUT2D eigenvalue weighted by molar-refractivity contribution is -0.124. The fourth-order valence-corrected chi connectivity index (χ4v) is 3.43. The van der Waals surface area contributed by atoms with E-state index in [-0.39, 0.29) is 11.9 Å². The molecular weight excluding hydrogens is 354 g/mol. The summed E-state index contributed by atoms with van der Waals surface area (Å²) < 4.78 is 0. The summed E-state index contributed by atoms with van der Waals surface area (Å²) in [6.07, 6.45) is 1.84. The summed E-state index contributed by atoms with van der Waals surface area (Å²) in [4.78, 5) is 33.1. The Morgan fingerprint density at radius 2 is 1.79 bits per heavy atom. The molecule has 1 fully saturated rings. The highest BCUT2D eigenvalue weighted by atomic mass is 16.2. The molecule has 7 nitrogen and oxygen atoms in total. The van der Waals surface area contributed by atoms with Crippen LogP contribution in [0.3, 0.4) is 0 Å². The molecule has 150 valence electrons. The third-order valence-electron chi connectivity index (χ3n) is 5.12. The van der Waals surface area contributed by atoms with Crippen molar-refractivity contribution in [2.24, 2.45) is 5.92 Å². The maximum Gasteiger partial charge on any atom is 0.321 e. The second-order valence-electron chi connectivity index (χ2n) is 7.64. The first-order valence-electron chi connectivity index (χ1n) is 9.87. The number of pyridine rings is 1. The zero-order valence-electron chi connectivity index (χ0n) is 16.8. The molecule has 2 N–H and O–H groups in total. The second kappa shape index (κ2) is 9.01. The molecule has 1 atom stereocenters. The van der Waals surface area contributed by atoms with Gasteiger partial charge in [-0.1, -0.05) is 32.0 Å². The van der Waals surface area contributed by atoms with E-state index in [1.54, 1.807) is 0 Å². The highest BCUT2D eigenvalue weighted by Crippen LogP contribution is 2.26. The molecule has 1 saturated heterocycles.